The molecule has 12 heavy (non-hydrogen) atoms. The Morgan fingerprint density at radius 1 is 1.42 bits per heavy atom. The number of halogens is 2. The summed E-state index contributed by atoms with van der Waals surface area (Å²) in [4.78, 5) is 0. The fourth-order valence-electron chi connectivity index (χ4n) is 1.00. The van der Waals surface area contributed by atoms with Crippen molar-refractivity contribution in [3.8, 4) is 0 Å². The molecule has 0 saturated heterocycles. The first-order chi connectivity index (χ1) is 4.93. The maximum absolute atomic E-state index is 2.32. The number of hydrogen-bond acceptors (Lipinski definition) is 0. The zero-order valence-electron chi connectivity index (χ0n) is 7.32. The molecule has 0 fully saturated rings. The summed E-state index contributed by atoms with van der Waals surface area (Å²) in [6.45, 7) is 2.27. The summed E-state index contributed by atoms with van der Waals surface area (Å²) in [6, 6.07) is 0. The number of allylic oxidation sites excluding steroid dienone is 4. The normalized spacial score (nSPS) is 12.6. The average Bonchev–Trinajstić information content (AvgIpc) is 2.41. The second-order valence-electron chi connectivity index (χ2n) is 2.60. The molecule has 0 aromatic carbocycles. The van der Waals surface area contributed by atoms with Gasteiger partial charge in [-0.05, 0) is 0 Å². The maximum atomic E-state index is 2.32. The molecule has 0 aromatic rings. The molecule has 0 aliphatic heterocycles. The largest absolute Gasteiger partial charge is 1.00 e. The Kier molecular flexibility index (Phi) is 12.5. The molecule has 0 aromatic heterocycles. The van der Waals surface area contributed by atoms with Crippen molar-refractivity contribution in [2.45, 2.75) is 30.9 Å². The Bertz CT molecular complexity index is 153. The van der Waals surface area contributed by atoms with Gasteiger partial charge in [-0.15, -0.1) is 0 Å². The Morgan fingerprint density at radius 3 is 2.67 bits per heavy atom. The van der Waals surface area contributed by atoms with Crippen molar-refractivity contribution in [3.63, 3.8) is 0 Å². The van der Waals surface area contributed by atoms with E-state index in [0.29, 0.717) is 0 Å². The minimum atomic E-state index is 0. The van der Waals surface area contributed by atoms with Crippen molar-refractivity contribution in [1.29, 1.82) is 0 Å². The molecule has 1 aliphatic rings. The van der Waals surface area contributed by atoms with Gasteiger partial charge in [-0.25, -0.2) is 0 Å². The van der Waals surface area contributed by atoms with Crippen LogP contribution in [0, 0.1) is 0 Å². The van der Waals surface area contributed by atoms with Gasteiger partial charge in [0.2, 0.25) is 0 Å². The van der Waals surface area contributed by atoms with Crippen LogP contribution in [0.5, 0.6) is 0 Å². The average molecular weight is 241 g/mol. The van der Waals surface area contributed by atoms with E-state index in [-0.39, 0.29) is 44.0 Å². The van der Waals surface area contributed by atoms with E-state index >= 15 is 0 Å². The van der Waals surface area contributed by atoms with Crippen LogP contribution in [-0.4, -0.2) is 0 Å². The molecule has 0 saturated carbocycles. The summed E-state index contributed by atoms with van der Waals surface area (Å²) in [5, 5.41) is 0. The Morgan fingerprint density at radius 2 is 2.17 bits per heavy atom. The van der Waals surface area contributed by atoms with E-state index < -0.39 is 0 Å². The summed E-state index contributed by atoms with van der Waals surface area (Å²) in [5.74, 6) is 0. The molecule has 1 aliphatic carbocycles. The fraction of sp³-hybridized carbons (Fsp3) is 0.556. The summed E-state index contributed by atoms with van der Waals surface area (Å²) < 4.78 is 3.25. The zero-order chi connectivity index (χ0) is 7.23. The van der Waals surface area contributed by atoms with Gasteiger partial charge in [-0.1, -0.05) is 0 Å². The molecule has 0 heterocycles. The predicted octanol–water partition coefficient (Wildman–Crippen LogP) is -2.86. The van der Waals surface area contributed by atoms with Gasteiger partial charge in [-0.3, -0.25) is 0 Å². The van der Waals surface area contributed by atoms with Crippen LogP contribution in [0.3, 0.4) is 0 Å². The van der Waals surface area contributed by atoms with Gasteiger partial charge in [0.05, 0.1) is 0 Å². The minimum Gasteiger partial charge on any atom is -1.00 e. The van der Waals surface area contributed by atoms with E-state index in [9.17, 15) is 0 Å². The van der Waals surface area contributed by atoms with E-state index in [0.717, 1.165) is 0 Å². The molecule has 0 bridgehead atoms. The Hall–Kier alpha value is 0.774. The third kappa shape index (κ3) is 6.31. The van der Waals surface area contributed by atoms with Crippen molar-refractivity contribution in [2.75, 3.05) is 0 Å². The van der Waals surface area contributed by atoms with Crippen molar-refractivity contribution < 1.29 is 44.0 Å². The molecule has 0 atom stereocenters. The first kappa shape index (κ1) is 15.3. The van der Waals surface area contributed by atoms with Crippen LogP contribution in [0.2, 0.25) is 4.73 Å². The fourth-order valence-corrected chi connectivity index (χ4v) is 3.08. The van der Waals surface area contributed by atoms with E-state index in [1.165, 1.54) is 24.0 Å². The molecule has 0 radical (unpaired) electrons. The van der Waals surface area contributed by atoms with Crippen LogP contribution >= 0.6 is 0 Å². The van der Waals surface area contributed by atoms with Crippen LogP contribution < -0.4 is 24.8 Å². The topological polar surface area (TPSA) is 0 Å². The molecule has 68 valence electrons. The van der Waals surface area contributed by atoms with E-state index in [4.69, 9.17) is 0 Å². The first-order valence-corrected chi connectivity index (χ1v) is 5.91. The minimum absolute atomic E-state index is 0. The second-order valence-corrected chi connectivity index (χ2v) is 4.94. The van der Waals surface area contributed by atoms with Gasteiger partial charge >= 0.3 is 72.2 Å². The van der Waals surface area contributed by atoms with Crippen LogP contribution in [0.1, 0.15) is 26.2 Å². The van der Waals surface area contributed by atoms with Gasteiger partial charge in [0.15, 0.2) is 0 Å². The molecule has 3 heteroatoms. The van der Waals surface area contributed by atoms with E-state index in [1.54, 1.807) is 3.88 Å². The third-order valence-electron chi connectivity index (χ3n) is 1.65. The molecular formula is C9H14Cl2Ti. The molecule has 0 nitrogen and oxygen atoms in total. The monoisotopic (exact) mass is 240 g/mol. The second kappa shape index (κ2) is 9.86. The smallest absolute Gasteiger partial charge is 1.00 e. The van der Waals surface area contributed by atoms with Gasteiger partial charge in [0, 0.05) is 0 Å². The van der Waals surface area contributed by atoms with Gasteiger partial charge < -0.3 is 24.8 Å². The van der Waals surface area contributed by atoms with Gasteiger partial charge in [0.25, 0.3) is 0 Å². The van der Waals surface area contributed by atoms with E-state index in [1.807, 2.05) is 0 Å². The number of hydrogen-bond donors (Lipinski definition) is 0. The van der Waals surface area contributed by atoms with Crippen LogP contribution in [0.15, 0.2) is 22.1 Å². The molecule has 0 unspecified atom stereocenters. The van der Waals surface area contributed by atoms with Crippen LogP contribution in [0.4, 0.5) is 0 Å². The SMILES string of the molecule is CCC[CH2][Ti+2][C]1=CC=CC1.[Cl-].[Cl-]. The van der Waals surface area contributed by atoms with Crippen LogP contribution in [-0.2, 0) is 19.2 Å². The summed E-state index contributed by atoms with van der Waals surface area (Å²) >= 11 is 0.290. The Labute approximate surface area is 96.6 Å². The molecular weight excluding hydrogens is 227 g/mol. The first-order valence-electron chi connectivity index (χ1n) is 4.03. The zero-order valence-corrected chi connectivity index (χ0v) is 10.4. The van der Waals surface area contributed by atoms with Gasteiger partial charge in [0.1, 0.15) is 0 Å². The van der Waals surface area contributed by atoms with Crippen molar-refractivity contribution in [3.05, 3.63) is 22.1 Å². The van der Waals surface area contributed by atoms with Gasteiger partial charge in [-0.2, -0.15) is 0 Å². The maximum Gasteiger partial charge on any atom is -1.00 e. The quantitative estimate of drug-likeness (QED) is 0.367. The molecule has 0 N–H and O–H groups in total. The number of unbranched alkanes of at least 4 members (excludes halogenated alkanes) is 1. The molecule has 0 amide bonds. The molecule has 0 spiro atoms. The van der Waals surface area contributed by atoms with E-state index in [2.05, 4.69) is 25.2 Å². The van der Waals surface area contributed by atoms with Crippen LogP contribution in [0.25, 0.3) is 0 Å². The predicted molar refractivity (Wildman–Crippen MR) is 41.6 cm³/mol. The standard InChI is InChI=1S/C5H5.C4H9.2ClH.Ti/c1-2-4-5-3-1;1-3-4-2;;;/h1-3H,4H2;1,3-4H2,2H3;2*1H;/q;;;;+2/p-2. The van der Waals surface area contributed by atoms with Crippen molar-refractivity contribution >= 4 is 0 Å². The Balaban J connectivity index is 0. The number of rotatable bonds is 4. The molecule has 1 rings (SSSR count). The summed E-state index contributed by atoms with van der Waals surface area (Å²) in [6.07, 6.45) is 10.9. The third-order valence-corrected chi connectivity index (χ3v) is 3.88. The van der Waals surface area contributed by atoms with Crippen molar-refractivity contribution in [1.82, 2.24) is 0 Å². The summed E-state index contributed by atoms with van der Waals surface area (Å²) in [7, 11) is 0. The summed E-state index contributed by atoms with van der Waals surface area (Å²) in [5.41, 5.74) is 0. The van der Waals surface area contributed by atoms with Crippen molar-refractivity contribution in [2.24, 2.45) is 0 Å².